The molecule has 0 spiro atoms. The van der Waals surface area contributed by atoms with E-state index in [1.807, 2.05) is 0 Å². The van der Waals surface area contributed by atoms with E-state index in [1.165, 1.54) is 29.6 Å². The van der Waals surface area contributed by atoms with Gasteiger partial charge in [-0.25, -0.2) is 9.07 Å². The molecule has 0 aliphatic carbocycles. The average Bonchev–Trinajstić information content (AvgIpc) is 2.72. The Morgan fingerprint density at radius 3 is 2.80 bits per heavy atom. The summed E-state index contributed by atoms with van der Waals surface area (Å²) < 4.78 is 15.4. The SMILES string of the molecule is Fc1ccc(Br)cc1C=Nn1cnnc1. The van der Waals surface area contributed by atoms with E-state index in [4.69, 9.17) is 0 Å². The Balaban J connectivity index is 2.27. The van der Waals surface area contributed by atoms with Crippen molar-refractivity contribution < 1.29 is 4.39 Å². The van der Waals surface area contributed by atoms with E-state index in [0.29, 0.717) is 5.56 Å². The maximum atomic E-state index is 13.2. The van der Waals surface area contributed by atoms with Crippen LogP contribution in [0.15, 0.2) is 40.4 Å². The summed E-state index contributed by atoms with van der Waals surface area (Å²) in [5.41, 5.74) is 0.401. The predicted molar refractivity (Wildman–Crippen MR) is 57.1 cm³/mol. The molecule has 0 unspecified atom stereocenters. The fourth-order valence-electron chi connectivity index (χ4n) is 0.997. The first-order valence-corrected chi connectivity index (χ1v) is 4.89. The maximum Gasteiger partial charge on any atom is 0.141 e. The summed E-state index contributed by atoms with van der Waals surface area (Å²) in [5, 5.41) is 11.1. The lowest BCUT2D eigenvalue weighted by Crippen LogP contribution is -1.91. The minimum atomic E-state index is -0.324. The molecule has 1 aromatic heterocycles. The average molecular weight is 269 g/mol. The van der Waals surface area contributed by atoms with Crippen LogP contribution in [0.1, 0.15) is 5.56 Å². The van der Waals surface area contributed by atoms with Crippen LogP contribution < -0.4 is 0 Å². The van der Waals surface area contributed by atoms with Crippen molar-refractivity contribution in [1.82, 2.24) is 14.9 Å². The van der Waals surface area contributed by atoms with Gasteiger partial charge in [0.05, 0.1) is 6.21 Å². The van der Waals surface area contributed by atoms with Gasteiger partial charge in [-0.15, -0.1) is 10.2 Å². The molecule has 0 saturated carbocycles. The second-order valence-electron chi connectivity index (χ2n) is 2.75. The van der Waals surface area contributed by atoms with Crippen LogP contribution in [0.25, 0.3) is 0 Å². The van der Waals surface area contributed by atoms with Crippen LogP contribution in [-0.2, 0) is 0 Å². The molecule has 1 aromatic carbocycles. The van der Waals surface area contributed by atoms with Crippen LogP contribution in [0.2, 0.25) is 0 Å². The molecule has 0 aliphatic heterocycles. The normalized spacial score (nSPS) is 11.1. The molecule has 6 heteroatoms. The number of rotatable bonds is 2. The lowest BCUT2D eigenvalue weighted by molar-refractivity contribution is 0.625. The van der Waals surface area contributed by atoms with Gasteiger partial charge in [-0.3, -0.25) is 0 Å². The fraction of sp³-hybridized carbons (Fsp3) is 0. The lowest BCUT2D eigenvalue weighted by Gasteiger charge is -1.96. The van der Waals surface area contributed by atoms with Crippen molar-refractivity contribution in [2.24, 2.45) is 5.10 Å². The van der Waals surface area contributed by atoms with Crippen LogP contribution in [0.4, 0.5) is 4.39 Å². The van der Waals surface area contributed by atoms with Crippen molar-refractivity contribution in [2.75, 3.05) is 0 Å². The highest BCUT2D eigenvalue weighted by Crippen LogP contribution is 2.13. The van der Waals surface area contributed by atoms with E-state index in [0.717, 1.165) is 4.47 Å². The Morgan fingerprint density at radius 2 is 2.07 bits per heavy atom. The highest BCUT2D eigenvalue weighted by Gasteiger charge is 1.99. The second kappa shape index (κ2) is 4.31. The van der Waals surface area contributed by atoms with Crippen LogP contribution in [-0.4, -0.2) is 21.1 Å². The Morgan fingerprint density at radius 1 is 1.33 bits per heavy atom. The Labute approximate surface area is 93.6 Å². The van der Waals surface area contributed by atoms with E-state index in [1.54, 1.807) is 12.1 Å². The van der Waals surface area contributed by atoms with E-state index >= 15 is 0 Å². The molecule has 0 saturated heterocycles. The number of halogens is 2. The molecule has 2 aromatic rings. The Hall–Kier alpha value is -1.56. The van der Waals surface area contributed by atoms with Crippen molar-refractivity contribution in [2.45, 2.75) is 0 Å². The van der Waals surface area contributed by atoms with Crippen LogP contribution >= 0.6 is 15.9 Å². The Kier molecular flexibility index (Phi) is 2.86. The molecular formula is C9H6BrFN4. The van der Waals surface area contributed by atoms with Gasteiger partial charge in [-0.1, -0.05) is 15.9 Å². The summed E-state index contributed by atoms with van der Waals surface area (Å²) in [4.78, 5) is 0. The number of benzene rings is 1. The van der Waals surface area contributed by atoms with Gasteiger partial charge in [0.2, 0.25) is 0 Å². The molecule has 4 nitrogen and oxygen atoms in total. The number of nitrogens with zero attached hydrogens (tertiary/aromatic N) is 4. The molecule has 0 N–H and O–H groups in total. The molecule has 0 bridgehead atoms. The molecule has 0 aliphatic rings. The molecule has 1 heterocycles. The monoisotopic (exact) mass is 268 g/mol. The summed E-state index contributed by atoms with van der Waals surface area (Å²) >= 11 is 3.26. The van der Waals surface area contributed by atoms with Crippen LogP contribution in [0.5, 0.6) is 0 Å². The summed E-state index contributed by atoms with van der Waals surface area (Å²) in [6.07, 6.45) is 4.25. The highest BCUT2D eigenvalue weighted by molar-refractivity contribution is 9.10. The quantitative estimate of drug-likeness (QED) is 0.783. The van der Waals surface area contributed by atoms with E-state index < -0.39 is 0 Å². The summed E-state index contributed by atoms with van der Waals surface area (Å²) in [6, 6.07) is 4.65. The zero-order chi connectivity index (χ0) is 10.7. The third-order valence-corrected chi connectivity index (χ3v) is 2.19. The zero-order valence-electron chi connectivity index (χ0n) is 7.51. The van der Waals surface area contributed by atoms with Crippen molar-refractivity contribution in [3.8, 4) is 0 Å². The second-order valence-corrected chi connectivity index (χ2v) is 3.67. The number of hydrogen-bond acceptors (Lipinski definition) is 3. The fourth-order valence-corrected chi connectivity index (χ4v) is 1.38. The van der Waals surface area contributed by atoms with Gasteiger partial charge in [0.15, 0.2) is 0 Å². The molecule has 0 fully saturated rings. The van der Waals surface area contributed by atoms with E-state index in [9.17, 15) is 4.39 Å². The molecule has 0 atom stereocenters. The number of aromatic nitrogens is 3. The summed E-state index contributed by atoms with van der Waals surface area (Å²) in [7, 11) is 0. The minimum Gasteiger partial charge on any atom is -0.208 e. The van der Waals surface area contributed by atoms with Gasteiger partial charge in [0, 0.05) is 10.0 Å². The highest BCUT2D eigenvalue weighted by atomic mass is 79.9. The first-order valence-electron chi connectivity index (χ1n) is 4.10. The summed E-state index contributed by atoms with van der Waals surface area (Å²) in [5.74, 6) is -0.324. The third-order valence-electron chi connectivity index (χ3n) is 1.69. The van der Waals surface area contributed by atoms with Crippen LogP contribution in [0, 0.1) is 5.82 Å². The van der Waals surface area contributed by atoms with Gasteiger partial charge < -0.3 is 0 Å². The zero-order valence-corrected chi connectivity index (χ0v) is 9.09. The van der Waals surface area contributed by atoms with Crippen LogP contribution in [0.3, 0.4) is 0 Å². The molecule has 0 amide bonds. The van der Waals surface area contributed by atoms with Gasteiger partial charge in [-0.05, 0) is 18.2 Å². The lowest BCUT2D eigenvalue weighted by atomic mass is 10.2. The minimum absolute atomic E-state index is 0.324. The Bertz CT molecular complexity index is 481. The molecule has 2 rings (SSSR count). The van der Waals surface area contributed by atoms with Crippen molar-refractivity contribution in [1.29, 1.82) is 0 Å². The summed E-state index contributed by atoms with van der Waals surface area (Å²) in [6.45, 7) is 0. The molecular weight excluding hydrogens is 263 g/mol. The maximum absolute atomic E-state index is 13.2. The smallest absolute Gasteiger partial charge is 0.141 e. The van der Waals surface area contributed by atoms with Crippen molar-refractivity contribution >= 4 is 22.1 Å². The molecule has 76 valence electrons. The first kappa shape index (κ1) is 9.97. The van der Waals surface area contributed by atoms with Crippen molar-refractivity contribution in [3.05, 3.63) is 46.7 Å². The molecule has 15 heavy (non-hydrogen) atoms. The topological polar surface area (TPSA) is 43.1 Å². The van der Waals surface area contributed by atoms with Gasteiger partial charge >= 0.3 is 0 Å². The molecule has 0 radical (unpaired) electrons. The third kappa shape index (κ3) is 2.47. The number of hydrogen-bond donors (Lipinski definition) is 0. The first-order chi connectivity index (χ1) is 7.25. The van der Waals surface area contributed by atoms with Gasteiger partial charge in [-0.2, -0.15) is 5.10 Å². The van der Waals surface area contributed by atoms with Gasteiger partial charge in [0.1, 0.15) is 18.5 Å². The predicted octanol–water partition coefficient (Wildman–Crippen LogP) is 2.06. The van der Waals surface area contributed by atoms with Gasteiger partial charge in [0.25, 0.3) is 0 Å². The standard InChI is InChI=1S/C9H6BrFN4/c10-8-1-2-9(11)7(3-8)4-14-15-5-12-13-6-15/h1-6H. The van der Waals surface area contributed by atoms with Crippen molar-refractivity contribution in [3.63, 3.8) is 0 Å². The van der Waals surface area contributed by atoms with E-state index in [2.05, 4.69) is 31.2 Å². The largest absolute Gasteiger partial charge is 0.208 e. The van der Waals surface area contributed by atoms with E-state index in [-0.39, 0.29) is 5.82 Å².